The minimum absolute atomic E-state index is 0.00802. The van der Waals surface area contributed by atoms with E-state index in [1.54, 1.807) is 22.9 Å². The first-order chi connectivity index (χ1) is 16.2. The first-order valence-electron chi connectivity index (χ1n) is 11.4. The maximum atomic E-state index is 13.0. The Kier molecular flexibility index (Phi) is 6.54. The lowest BCUT2D eigenvalue weighted by atomic mass is 10.1. The molecule has 3 aromatic rings. The van der Waals surface area contributed by atoms with Gasteiger partial charge in [-0.15, -0.1) is 0 Å². The maximum Gasteiger partial charge on any atom is 0.295 e. The number of aryl methyl sites for hydroxylation is 2. The van der Waals surface area contributed by atoms with Gasteiger partial charge in [0.1, 0.15) is 11.4 Å². The molecule has 0 N–H and O–H groups in total. The minimum Gasteiger partial charge on any atom is -0.491 e. The molecule has 1 aliphatic rings. The fourth-order valence-electron chi connectivity index (χ4n) is 4.20. The Morgan fingerprint density at radius 2 is 1.71 bits per heavy atom. The molecule has 1 aliphatic heterocycles. The lowest BCUT2D eigenvalue weighted by Gasteiger charge is -2.36. The summed E-state index contributed by atoms with van der Waals surface area (Å²) in [4.78, 5) is 28.2. The second-order valence-corrected chi connectivity index (χ2v) is 8.74. The van der Waals surface area contributed by atoms with Gasteiger partial charge in [0.05, 0.1) is 16.7 Å². The van der Waals surface area contributed by atoms with Crippen LogP contribution in [0.4, 0.5) is 11.4 Å². The van der Waals surface area contributed by atoms with Gasteiger partial charge in [-0.3, -0.25) is 14.9 Å². The molecule has 9 nitrogen and oxygen atoms in total. The van der Waals surface area contributed by atoms with Crippen LogP contribution in [0.2, 0.25) is 0 Å². The van der Waals surface area contributed by atoms with E-state index in [0.717, 1.165) is 22.8 Å². The highest BCUT2D eigenvalue weighted by Gasteiger charge is 2.25. The molecular formula is C25H29N5O4. The molecule has 34 heavy (non-hydrogen) atoms. The molecule has 1 saturated heterocycles. The van der Waals surface area contributed by atoms with E-state index in [9.17, 15) is 14.9 Å². The molecule has 0 saturated carbocycles. The zero-order valence-electron chi connectivity index (χ0n) is 19.9. The number of hydrogen-bond acceptors (Lipinski definition) is 6. The van der Waals surface area contributed by atoms with Crippen molar-refractivity contribution in [2.45, 2.75) is 33.8 Å². The number of hydrogen-bond donors (Lipinski definition) is 0. The number of ether oxygens (including phenoxy) is 1. The zero-order valence-corrected chi connectivity index (χ0v) is 19.9. The van der Waals surface area contributed by atoms with Gasteiger partial charge in [0.2, 0.25) is 0 Å². The SMILES string of the molecule is Cc1cc(C)n(-c2cc(N3CCN(C(=O)c4ccc(OC(C)C)cc4)CC3)ccc2[N+](=O)[O-])n1. The molecule has 0 unspecified atom stereocenters. The Labute approximate surface area is 198 Å². The Morgan fingerprint density at radius 3 is 2.26 bits per heavy atom. The van der Waals surface area contributed by atoms with Gasteiger partial charge in [-0.25, -0.2) is 4.68 Å². The molecule has 9 heteroatoms. The van der Waals surface area contributed by atoms with Crippen LogP contribution in [0.1, 0.15) is 35.6 Å². The van der Waals surface area contributed by atoms with Crippen molar-refractivity contribution in [1.29, 1.82) is 0 Å². The third-order valence-electron chi connectivity index (χ3n) is 5.80. The molecule has 1 amide bonds. The Bertz CT molecular complexity index is 1190. The minimum atomic E-state index is -0.385. The van der Waals surface area contributed by atoms with Gasteiger partial charge < -0.3 is 14.5 Å². The number of aromatic nitrogens is 2. The van der Waals surface area contributed by atoms with Crippen molar-refractivity contribution in [2.75, 3.05) is 31.1 Å². The monoisotopic (exact) mass is 463 g/mol. The number of rotatable bonds is 6. The number of carbonyl (C=O) groups is 1. The summed E-state index contributed by atoms with van der Waals surface area (Å²) in [5, 5.41) is 16.1. The molecule has 4 rings (SSSR count). The standard InChI is InChI=1S/C25H29N5O4/c1-17(2)34-22-8-5-20(6-9-22)25(31)28-13-11-27(12-14-28)21-7-10-23(30(32)33)24(16-21)29-19(4)15-18(3)26-29/h5-10,15-17H,11-14H2,1-4H3. The van der Waals surface area contributed by atoms with Crippen molar-refractivity contribution in [3.8, 4) is 11.4 Å². The van der Waals surface area contributed by atoms with E-state index < -0.39 is 0 Å². The van der Waals surface area contributed by atoms with E-state index in [2.05, 4.69) is 10.00 Å². The van der Waals surface area contributed by atoms with E-state index in [1.807, 2.05) is 56.9 Å². The quantitative estimate of drug-likeness (QED) is 0.403. The number of nitrogens with zero attached hydrogens (tertiary/aromatic N) is 5. The highest BCUT2D eigenvalue weighted by molar-refractivity contribution is 5.94. The van der Waals surface area contributed by atoms with Gasteiger partial charge in [-0.1, -0.05) is 0 Å². The topological polar surface area (TPSA) is 93.7 Å². The van der Waals surface area contributed by atoms with Crippen molar-refractivity contribution >= 4 is 17.3 Å². The highest BCUT2D eigenvalue weighted by atomic mass is 16.6. The first-order valence-corrected chi connectivity index (χ1v) is 11.4. The third-order valence-corrected chi connectivity index (χ3v) is 5.80. The number of nitro groups is 1. The average Bonchev–Trinajstić information content (AvgIpc) is 3.16. The first kappa shape index (κ1) is 23.3. The molecule has 0 radical (unpaired) electrons. The molecule has 0 bridgehead atoms. The highest BCUT2D eigenvalue weighted by Crippen LogP contribution is 2.30. The van der Waals surface area contributed by atoms with E-state index in [4.69, 9.17) is 4.74 Å². The second kappa shape index (κ2) is 9.54. The van der Waals surface area contributed by atoms with E-state index in [1.165, 1.54) is 6.07 Å². The third kappa shape index (κ3) is 4.88. The molecule has 0 aliphatic carbocycles. The Hall–Kier alpha value is -3.88. The van der Waals surface area contributed by atoms with Crippen LogP contribution in [0.5, 0.6) is 5.75 Å². The largest absolute Gasteiger partial charge is 0.491 e. The van der Waals surface area contributed by atoms with Gasteiger partial charge in [-0.05, 0) is 70.2 Å². The van der Waals surface area contributed by atoms with Crippen LogP contribution in [0.15, 0.2) is 48.5 Å². The van der Waals surface area contributed by atoms with Crippen LogP contribution in [-0.4, -0.2) is 57.8 Å². The van der Waals surface area contributed by atoms with E-state index >= 15 is 0 Å². The van der Waals surface area contributed by atoms with Crippen LogP contribution >= 0.6 is 0 Å². The molecule has 0 spiro atoms. The number of piperazine rings is 1. The normalized spacial score (nSPS) is 13.9. The number of amides is 1. The average molecular weight is 464 g/mol. The van der Waals surface area contributed by atoms with E-state index in [0.29, 0.717) is 37.4 Å². The summed E-state index contributed by atoms with van der Waals surface area (Å²) in [5.41, 5.74) is 3.58. The molecule has 1 aromatic heterocycles. The van der Waals surface area contributed by atoms with Crippen molar-refractivity contribution in [3.05, 3.63) is 75.6 Å². The molecule has 2 aromatic carbocycles. The summed E-state index contributed by atoms with van der Waals surface area (Å²) in [5.74, 6) is 0.732. The Morgan fingerprint density at radius 1 is 1.03 bits per heavy atom. The summed E-state index contributed by atoms with van der Waals surface area (Å²) in [6.07, 6.45) is 0.0794. The van der Waals surface area contributed by atoms with Gasteiger partial charge in [-0.2, -0.15) is 5.10 Å². The van der Waals surface area contributed by atoms with Crippen molar-refractivity contribution in [3.63, 3.8) is 0 Å². The molecule has 1 fully saturated rings. The lowest BCUT2D eigenvalue weighted by molar-refractivity contribution is -0.384. The molecule has 178 valence electrons. The van der Waals surface area contributed by atoms with Crippen LogP contribution in [0.3, 0.4) is 0 Å². The summed E-state index contributed by atoms with van der Waals surface area (Å²) >= 11 is 0. The number of anilines is 1. The summed E-state index contributed by atoms with van der Waals surface area (Å²) in [6, 6.07) is 14.2. The van der Waals surface area contributed by atoms with Gasteiger partial charge in [0.15, 0.2) is 0 Å². The number of benzene rings is 2. The predicted octanol–water partition coefficient (Wildman–Crippen LogP) is 4.15. The number of nitro benzene ring substituents is 1. The Balaban J connectivity index is 1.48. The van der Waals surface area contributed by atoms with Crippen LogP contribution in [-0.2, 0) is 0 Å². The lowest BCUT2D eigenvalue weighted by Crippen LogP contribution is -2.48. The van der Waals surface area contributed by atoms with E-state index in [-0.39, 0.29) is 22.6 Å². The van der Waals surface area contributed by atoms with Crippen molar-refractivity contribution < 1.29 is 14.5 Å². The summed E-state index contributed by atoms with van der Waals surface area (Å²) in [7, 11) is 0. The van der Waals surface area contributed by atoms with Crippen LogP contribution in [0.25, 0.3) is 5.69 Å². The van der Waals surface area contributed by atoms with Crippen LogP contribution in [0, 0.1) is 24.0 Å². The smallest absolute Gasteiger partial charge is 0.295 e. The molecule has 2 heterocycles. The summed E-state index contributed by atoms with van der Waals surface area (Å²) in [6.45, 7) is 10.1. The number of carbonyl (C=O) groups excluding carboxylic acids is 1. The predicted molar refractivity (Wildman–Crippen MR) is 130 cm³/mol. The molecular weight excluding hydrogens is 434 g/mol. The second-order valence-electron chi connectivity index (χ2n) is 8.74. The zero-order chi connectivity index (χ0) is 24.4. The van der Waals surface area contributed by atoms with Gasteiger partial charge in [0, 0.05) is 49.2 Å². The summed E-state index contributed by atoms with van der Waals surface area (Å²) < 4.78 is 7.27. The maximum absolute atomic E-state index is 13.0. The van der Waals surface area contributed by atoms with Crippen LogP contribution < -0.4 is 9.64 Å². The van der Waals surface area contributed by atoms with Gasteiger partial charge in [0.25, 0.3) is 11.6 Å². The van der Waals surface area contributed by atoms with Crippen molar-refractivity contribution in [1.82, 2.24) is 14.7 Å². The van der Waals surface area contributed by atoms with Gasteiger partial charge >= 0.3 is 0 Å². The molecule has 0 atom stereocenters. The van der Waals surface area contributed by atoms with Crippen molar-refractivity contribution in [2.24, 2.45) is 0 Å². The fourth-order valence-corrected chi connectivity index (χ4v) is 4.20. The fraction of sp³-hybridized carbons (Fsp3) is 0.360.